The van der Waals surface area contributed by atoms with Gasteiger partial charge in [-0.2, -0.15) is 0 Å². The average molecular weight is 390 g/mol. The van der Waals surface area contributed by atoms with Gasteiger partial charge in [0.05, 0.1) is 12.1 Å². The molecular weight excluding hydrogens is 371 g/mol. The minimum Gasteiger partial charge on any atom is -0.355 e. The first kappa shape index (κ1) is 18.3. The third-order valence-electron chi connectivity index (χ3n) is 4.56. The molecule has 5 heteroatoms. The summed E-state index contributed by atoms with van der Waals surface area (Å²) >= 11 is 1.48. The molecule has 0 atom stereocenters. The van der Waals surface area contributed by atoms with Gasteiger partial charge in [0.15, 0.2) is 0 Å². The van der Waals surface area contributed by atoms with E-state index < -0.39 is 0 Å². The van der Waals surface area contributed by atoms with Crippen molar-refractivity contribution in [2.24, 2.45) is 0 Å². The summed E-state index contributed by atoms with van der Waals surface area (Å²) in [5.41, 5.74) is 2.70. The molecule has 0 aliphatic rings. The van der Waals surface area contributed by atoms with E-state index in [1.165, 1.54) is 23.5 Å². The highest BCUT2D eigenvalue weighted by Gasteiger charge is 2.08. The van der Waals surface area contributed by atoms with Crippen LogP contribution in [0.3, 0.4) is 0 Å². The topological polar surface area (TPSA) is 42.0 Å². The summed E-state index contributed by atoms with van der Waals surface area (Å²) in [7, 11) is 0. The summed E-state index contributed by atoms with van der Waals surface area (Å²) < 4.78 is 13.4. The summed E-state index contributed by atoms with van der Waals surface area (Å²) in [6.45, 7) is 0.524. The largest absolute Gasteiger partial charge is 0.355 e. The zero-order chi connectivity index (χ0) is 19.3. The fourth-order valence-electron chi connectivity index (χ4n) is 3.19. The fraction of sp³-hybridized carbons (Fsp3) is 0.130. The van der Waals surface area contributed by atoms with Crippen LogP contribution in [0.25, 0.3) is 21.3 Å². The maximum Gasteiger partial charge on any atom is 0.224 e. The van der Waals surface area contributed by atoms with Crippen LogP contribution in [0.2, 0.25) is 0 Å². The van der Waals surface area contributed by atoms with Crippen molar-refractivity contribution in [1.82, 2.24) is 10.3 Å². The van der Waals surface area contributed by atoms with Crippen molar-refractivity contribution >= 4 is 28.0 Å². The summed E-state index contributed by atoms with van der Waals surface area (Å²) in [5.74, 6) is -0.271. The van der Waals surface area contributed by atoms with E-state index in [2.05, 4.69) is 22.4 Å². The van der Waals surface area contributed by atoms with Crippen LogP contribution in [0, 0.1) is 5.82 Å². The van der Waals surface area contributed by atoms with Gasteiger partial charge in [-0.3, -0.25) is 4.79 Å². The predicted octanol–water partition coefficient (Wildman–Crippen LogP) is 5.00. The van der Waals surface area contributed by atoms with Crippen molar-refractivity contribution in [3.8, 4) is 10.6 Å². The van der Waals surface area contributed by atoms with Crippen molar-refractivity contribution in [3.05, 3.63) is 89.2 Å². The number of halogens is 1. The van der Waals surface area contributed by atoms with Crippen molar-refractivity contribution in [2.45, 2.75) is 12.8 Å². The van der Waals surface area contributed by atoms with Crippen LogP contribution in [0.1, 0.15) is 11.3 Å². The van der Waals surface area contributed by atoms with Gasteiger partial charge in [-0.1, -0.05) is 54.6 Å². The Bertz CT molecular complexity index is 1120. The molecule has 0 bridgehead atoms. The maximum atomic E-state index is 13.4. The summed E-state index contributed by atoms with van der Waals surface area (Å²) in [5, 5.41) is 7.96. The SMILES string of the molecule is O=C(Cc1cccc2ccccc12)NCCc1csc(-c2cccc(F)c2)n1. The van der Waals surface area contributed by atoms with Crippen LogP contribution in [0.15, 0.2) is 72.1 Å². The molecule has 4 rings (SSSR count). The zero-order valence-electron chi connectivity index (χ0n) is 15.2. The molecular formula is C23H19FN2OS. The second-order valence-electron chi connectivity index (χ2n) is 6.57. The Morgan fingerprint density at radius 1 is 1.04 bits per heavy atom. The zero-order valence-corrected chi connectivity index (χ0v) is 16.0. The second-order valence-corrected chi connectivity index (χ2v) is 7.43. The lowest BCUT2D eigenvalue weighted by Gasteiger charge is -2.07. The Morgan fingerprint density at radius 2 is 1.86 bits per heavy atom. The van der Waals surface area contributed by atoms with Crippen LogP contribution in [0.5, 0.6) is 0 Å². The predicted molar refractivity (Wildman–Crippen MR) is 112 cm³/mol. The minimum absolute atomic E-state index is 0.00284. The number of fused-ring (bicyclic) bond motifs is 1. The molecule has 0 aliphatic heterocycles. The first-order chi connectivity index (χ1) is 13.7. The van der Waals surface area contributed by atoms with E-state index in [1.54, 1.807) is 6.07 Å². The molecule has 4 aromatic rings. The molecule has 3 aromatic carbocycles. The van der Waals surface area contributed by atoms with E-state index in [4.69, 9.17) is 0 Å². The van der Waals surface area contributed by atoms with Gasteiger partial charge in [0.2, 0.25) is 5.91 Å². The Balaban J connectivity index is 1.33. The molecule has 1 aromatic heterocycles. The molecule has 0 saturated heterocycles. The van der Waals surface area contributed by atoms with Gasteiger partial charge in [-0.05, 0) is 28.5 Å². The quantitative estimate of drug-likeness (QED) is 0.503. The van der Waals surface area contributed by atoms with Gasteiger partial charge in [-0.15, -0.1) is 11.3 Å². The fourth-order valence-corrected chi connectivity index (χ4v) is 4.04. The lowest BCUT2D eigenvalue weighted by atomic mass is 10.0. The molecule has 0 fully saturated rings. The first-order valence-electron chi connectivity index (χ1n) is 9.13. The Kier molecular flexibility index (Phi) is 5.44. The summed E-state index contributed by atoms with van der Waals surface area (Å²) in [6, 6.07) is 20.5. The van der Waals surface area contributed by atoms with E-state index >= 15 is 0 Å². The van der Waals surface area contributed by atoms with E-state index in [9.17, 15) is 9.18 Å². The highest BCUT2D eigenvalue weighted by Crippen LogP contribution is 2.24. The van der Waals surface area contributed by atoms with Crippen molar-refractivity contribution in [2.75, 3.05) is 6.54 Å². The molecule has 3 nitrogen and oxygen atoms in total. The van der Waals surface area contributed by atoms with Crippen LogP contribution < -0.4 is 5.32 Å². The normalized spacial score (nSPS) is 10.9. The number of hydrogen-bond acceptors (Lipinski definition) is 3. The lowest BCUT2D eigenvalue weighted by Crippen LogP contribution is -2.27. The van der Waals surface area contributed by atoms with Crippen molar-refractivity contribution in [1.29, 1.82) is 0 Å². The first-order valence-corrected chi connectivity index (χ1v) is 10.0. The summed E-state index contributed by atoms with van der Waals surface area (Å²) in [4.78, 5) is 16.9. The molecule has 0 radical (unpaired) electrons. The number of thiazole rings is 1. The van der Waals surface area contributed by atoms with Crippen LogP contribution in [0.4, 0.5) is 4.39 Å². The van der Waals surface area contributed by atoms with Crippen molar-refractivity contribution < 1.29 is 9.18 Å². The highest BCUT2D eigenvalue weighted by molar-refractivity contribution is 7.13. The molecule has 140 valence electrons. The molecule has 0 aliphatic carbocycles. The van der Waals surface area contributed by atoms with Gasteiger partial charge in [-0.25, -0.2) is 9.37 Å². The number of carbonyl (C=O) groups excluding carboxylic acids is 1. The third-order valence-corrected chi connectivity index (χ3v) is 5.50. The summed E-state index contributed by atoms with van der Waals surface area (Å²) in [6.07, 6.45) is 1.00. The standard InChI is InChI=1S/C23H19FN2OS/c24-19-9-4-8-18(13-19)23-26-20(15-28-23)11-12-25-22(27)14-17-7-3-6-16-5-1-2-10-21(16)17/h1-10,13,15H,11-12,14H2,(H,25,27). The maximum absolute atomic E-state index is 13.4. The number of hydrogen-bond donors (Lipinski definition) is 1. The van der Waals surface area contributed by atoms with Gasteiger partial charge in [0.1, 0.15) is 10.8 Å². The number of benzene rings is 3. The third kappa shape index (κ3) is 4.26. The number of amides is 1. The molecule has 1 N–H and O–H groups in total. The van der Waals surface area contributed by atoms with Crippen LogP contribution >= 0.6 is 11.3 Å². The molecule has 0 spiro atoms. The highest BCUT2D eigenvalue weighted by atomic mass is 32.1. The Morgan fingerprint density at radius 3 is 2.75 bits per heavy atom. The molecule has 0 unspecified atom stereocenters. The molecule has 0 saturated carbocycles. The lowest BCUT2D eigenvalue weighted by molar-refractivity contribution is -0.120. The van der Waals surface area contributed by atoms with Crippen LogP contribution in [-0.2, 0) is 17.6 Å². The van der Waals surface area contributed by atoms with Gasteiger partial charge in [0.25, 0.3) is 0 Å². The van der Waals surface area contributed by atoms with E-state index in [0.717, 1.165) is 32.6 Å². The Hall–Kier alpha value is -3.05. The monoisotopic (exact) mass is 390 g/mol. The van der Waals surface area contributed by atoms with Gasteiger partial charge < -0.3 is 5.32 Å². The van der Waals surface area contributed by atoms with Gasteiger partial charge in [0, 0.05) is 23.9 Å². The minimum atomic E-state index is -0.269. The van der Waals surface area contributed by atoms with E-state index in [-0.39, 0.29) is 11.7 Å². The number of rotatable bonds is 6. The average Bonchev–Trinajstić information content (AvgIpc) is 3.17. The van der Waals surface area contributed by atoms with E-state index in [0.29, 0.717) is 19.4 Å². The van der Waals surface area contributed by atoms with Gasteiger partial charge >= 0.3 is 0 Å². The number of carbonyl (C=O) groups is 1. The molecule has 1 amide bonds. The second kappa shape index (κ2) is 8.31. The Labute approximate surface area is 166 Å². The number of nitrogens with zero attached hydrogens (tertiary/aromatic N) is 1. The van der Waals surface area contributed by atoms with Crippen LogP contribution in [-0.4, -0.2) is 17.4 Å². The van der Waals surface area contributed by atoms with Crippen molar-refractivity contribution in [3.63, 3.8) is 0 Å². The number of aromatic nitrogens is 1. The van der Waals surface area contributed by atoms with E-state index in [1.807, 2.05) is 41.8 Å². The molecule has 1 heterocycles. The number of nitrogens with one attached hydrogen (secondary N) is 1. The smallest absolute Gasteiger partial charge is 0.224 e. The molecule has 28 heavy (non-hydrogen) atoms.